The maximum absolute atomic E-state index is 10.7. The van der Waals surface area contributed by atoms with Crippen LogP contribution in [-0.2, 0) is 17.6 Å². The van der Waals surface area contributed by atoms with Crippen molar-refractivity contribution in [3.05, 3.63) is 35.4 Å². The molecule has 1 unspecified atom stereocenters. The van der Waals surface area contributed by atoms with Crippen LogP contribution in [-0.4, -0.2) is 32.5 Å². The van der Waals surface area contributed by atoms with Gasteiger partial charge in [-0.2, -0.15) is 0 Å². The minimum atomic E-state index is -1.88. The first kappa shape index (κ1) is 13.7. The van der Waals surface area contributed by atoms with Gasteiger partial charge in [-0.05, 0) is 44.3 Å². The van der Waals surface area contributed by atoms with Gasteiger partial charge in [0, 0.05) is 12.3 Å². The fourth-order valence-corrected chi connectivity index (χ4v) is 3.17. The first-order valence-corrected chi connectivity index (χ1v) is 7.71. The van der Waals surface area contributed by atoms with E-state index < -0.39 is 11.1 Å². The highest BCUT2D eigenvalue weighted by Crippen LogP contribution is 2.19. The zero-order valence-corrected chi connectivity index (χ0v) is 11.6. The third-order valence-electron chi connectivity index (χ3n) is 3.61. The highest BCUT2D eigenvalue weighted by molar-refractivity contribution is 7.79. The molecule has 1 fully saturated rings. The van der Waals surface area contributed by atoms with Crippen LogP contribution in [0.1, 0.15) is 24.0 Å². The molecule has 4 heteroatoms. The van der Waals surface area contributed by atoms with Gasteiger partial charge >= 0.3 is 0 Å². The average Bonchev–Trinajstić information content (AvgIpc) is 2.34. The Kier molecular flexibility index (Phi) is 4.92. The lowest BCUT2D eigenvalue weighted by molar-refractivity contribution is 0.186. The maximum Gasteiger partial charge on any atom is 0.0233 e. The molecule has 3 nitrogen and oxygen atoms in total. The van der Waals surface area contributed by atoms with Crippen LogP contribution < -0.4 is 0 Å². The lowest BCUT2D eigenvalue weighted by atomic mass is 9.98. The summed E-state index contributed by atoms with van der Waals surface area (Å²) in [5.41, 5.74) is 2.63. The second-order valence-electron chi connectivity index (χ2n) is 5.18. The zero-order valence-electron chi connectivity index (χ0n) is 10.8. The first-order valence-electron chi connectivity index (χ1n) is 6.47. The molecule has 0 aromatic heterocycles. The third kappa shape index (κ3) is 4.19. The van der Waals surface area contributed by atoms with Crippen molar-refractivity contribution < 1.29 is 8.76 Å². The van der Waals surface area contributed by atoms with Gasteiger partial charge < -0.3 is 4.55 Å². The van der Waals surface area contributed by atoms with Crippen LogP contribution in [0, 0.1) is 12.8 Å². The lowest BCUT2D eigenvalue weighted by Crippen LogP contribution is -2.34. The summed E-state index contributed by atoms with van der Waals surface area (Å²) in [6, 6.07) is 8.63. The van der Waals surface area contributed by atoms with Gasteiger partial charge in [-0.15, -0.1) is 0 Å². The van der Waals surface area contributed by atoms with E-state index in [1.54, 1.807) is 0 Å². The van der Waals surface area contributed by atoms with E-state index in [0.717, 1.165) is 32.5 Å². The summed E-state index contributed by atoms with van der Waals surface area (Å²) in [6.07, 6.45) is 2.00. The van der Waals surface area contributed by atoms with Crippen LogP contribution in [0.4, 0.5) is 0 Å². The van der Waals surface area contributed by atoms with Crippen molar-refractivity contribution in [3.8, 4) is 0 Å². The number of nitrogens with zero attached hydrogens (tertiary/aromatic N) is 1. The van der Waals surface area contributed by atoms with Crippen molar-refractivity contribution in [3.63, 3.8) is 0 Å². The van der Waals surface area contributed by atoms with Gasteiger partial charge in [0.2, 0.25) is 0 Å². The van der Waals surface area contributed by atoms with Gasteiger partial charge in [0.05, 0.1) is 0 Å². The molecule has 1 saturated heterocycles. The normalized spacial score (nSPS) is 19.9. The zero-order chi connectivity index (χ0) is 13.0. The van der Waals surface area contributed by atoms with Crippen LogP contribution in [0.3, 0.4) is 0 Å². The molecule has 0 radical (unpaired) electrons. The van der Waals surface area contributed by atoms with Crippen LogP contribution in [0.2, 0.25) is 0 Å². The van der Waals surface area contributed by atoms with Gasteiger partial charge in [0.15, 0.2) is 0 Å². The van der Waals surface area contributed by atoms with E-state index in [0.29, 0.717) is 11.7 Å². The van der Waals surface area contributed by atoms with Crippen molar-refractivity contribution in [2.45, 2.75) is 26.3 Å². The Labute approximate surface area is 111 Å². The van der Waals surface area contributed by atoms with E-state index in [9.17, 15) is 8.76 Å². The van der Waals surface area contributed by atoms with Crippen molar-refractivity contribution in [2.24, 2.45) is 5.92 Å². The number of likely N-dealkylation sites (tertiary alicyclic amines) is 1. The minimum Gasteiger partial charge on any atom is -0.772 e. The van der Waals surface area contributed by atoms with E-state index >= 15 is 0 Å². The minimum absolute atomic E-state index is 0.332. The van der Waals surface area contributed by atoms with E-state index in [4.69, 9.17) is 0 Å². The Morgan fingerprint density at radius 1 is 1.28 bits per heavy atom. The van der Waals surface area contributed by atoms with Crippen LogP contribution in [0.5, 0.6) is 0 Å². The molecule has 1 heterocycles. The second kappa shape index (κ2) is 6.45. The van der Waals surface area contributed by atoms with Gasteiger partial charge in [0.25, 0.3) is 0 Å². The quantitative estimate of drug-likeness (QED) is 0.784. The number of benzene rings is 1. The molecule has 0 saturated carbocycles. The van der Waals surface area contributed by atoms with Crippen molar-refractivity contribution in [1.82, 2.24) is 4.90 Å². The summed E-state index contributed by atoms with van der Waals surface area (Å²) in [7, 11) is 0. The predicted molar refractivity (Wildman–Crippen MR) is 73.0 cm³/mol. The van der Waals surface area contributed by atoms with Crippen LogP contribution >= 0.6 is 0 Å². The van der Waals surface area contributed by atoms with Crippen LogP contribution in [0.25, 0.3) is 0 Å². The van der Waals surface area contributed by atoms with Gasteiger partial charge in [0.1, 0.15) is 0 Å². The third-order valence-corrected chi connectivity index (χ3v) is 4.35. The summed E-state index contributed by atoms with van der Waals surface area (Å²) in [4.78, 5) is 2.41. The molecule has 1 atom stereocenters. The first-order chi connectivity index (χ1) is 8.63. The number of hydrogen-bond donors (Lipinski definition) is 0. The molecule has 1 aromatic rings. The highest BCUT2D eigenvalue weighted by Gasteiger charge is 2.19. The van der Waals surface area contributed by atoms with E-state index in [-0.39, 0.29) is 0 Å². The van der Waals surface area contributed by atoms with Crippen LogP contribution in [0.15, 0.2) is 24.3 Å². The summed E-state index contributed by atoms with van der Waals surface area (Å²) >= 11 is -1.88. The van der Waals surface area contributed by atoms with Gasteiger partial charge in [-0.25, -0.2) is 0 Å². The largest absolute Gasteiger partial charge is 0.772 e. The predicted octanol–water partition coefficient (Wildman–Crippen LogP) is 2.09. The number of hydrogen-bond acceptors (Lipinski definition) is 3. The van der Waals surface area contributed by atoms with E-state index in [1.165, 1.54) is 11.1 Å². The molecule has 0 bridgehead atoms. The van der Waals surface area contributed by atoms with E-state index in [2.05, 4.69) is 36.1 Å². The molecule has 1 aliphatic rings. The fourth-order valence-electron chi connectivity index (χ4n) is 2.46. The van der Waals surface area contributed by atoms with Crippen molar-refractivity contribution >= 4 is 11.1 Å². The molecule has 1 aromatic carbocycles. The Balaban J connectivity index is 1.79. The van der Waals surface area contributed by atoms with Crippen molar-refractivity contribution in [1.29, 1.82) is 0 Å². The number of piperidine rings is 1. The summed E-state index contributed by atoms with van der Waals surface area (Å²) in [5, 5.41) is 0. The summed E-state index contributed by atoms with van der Waals surface area (Å²) < 4.78 is 21.3. The van der Waals surface area contributed by atoms with Gasteiger partial charge in [-0.1, -0.05) is 40.9 Å². The Hall–Kier alpha value is -0.710. The molecular formula is C14H20NO2S-. The summed E-state index contributed by atoms with van der Waals surface area (Å²) in [5.74, 6) is 0.691. The highest BCUT2D eigenvalue weighted by atomic mass is 32.2. The molecule has 18 heavy (non-hydrogen) atoms. The number of rotatable bonds is 4. The average molecular weight is 266 g/mol. The molecule has 0 aliphatic carbocycles. The SMILES string of the molecule is Cc1ccc(CN2CCC(CS(=O)[O-])CC2)cc1. The topological polar surface area (TPSA) is 43.4 Å². The van der Waals surface area contributed by atoms with Crippen molar-refractivity contribution in [2.75, 3.05) is 18.8 Å². The lowest BCUT2D eigenvalue weighted by Gasteiger charge is -2.32. The fraction of sp³-hybridized carbons (Fsp3) is 0.571. The molecule has 0 spiro atoms. The molecule has 100 valence electrons. The molecule has 0 amide bonds. The van der Waals surface area contributed by atoms with E-state index in [1.807, 2.05) is 0 Å². The number of aryl methyl sites for hydroxylation is 1. The molecule has 0 N–H and O–H groups in total. The molecular weight excluding hydrogens is 246 g/mol. The molecule has 2 rings (SSSR count). The monoisotopic (exact) mass is 266 g/mol. The Morgan fingerprint density at radius 2 is 1.89 bits per heavy atom. The Morgan fingerprint density at radius 3 is 2.44 bits per heavy atom. The summed E-state index contributed by atoms with van der Waals surface area (Å²) in [6.45, 7) is 5.09. The molecule has 1 aliphatic heterocycles. The smallest absolute Gasteiger partial charge is 0.0233 e. The standard InChI is InChI=1S/C14H21NO2S/c1-12-2-4-13(5-3-12)10-15-8-6-14(7-9-15)11-18(16)17/h2-5,14H,6-11H2,1H3,(H,16,17)/p-1. The second-order valence-corrected chi connectivity index (χ2v) is 6.12. The maximum atomic E-state index is 10.7. The van der Waals surface area contributed by atoms with Gasteiger partial charge in [-0.3, -0.25) is 9.11 Å². The Bertz CT molecular complexity index is 397.